The Labute approximate surface area is 357 Å². The number of ether oxygens (including phenoxy) is 2. The van der Waals surface area contributed by atoms with Crippen molar-refractivity contribution in [1.29, 1.82) is 0 Å². The molecule has 8 rings (SSSR count). The van der Waals surface area contributed by atoms with Gasteiger partial charge in [0, 0.05) is 54.3 Å². The van der Waals surface area contributed by atoms with E-state index in [4.69, 9.17) is 72.3 Å². The third kappa shape index (κ3) is 8.31. The largest absolute Gasteiger partial charge is 0.488 e. The number of hydrogen-bond donors (Lipinski definition) is 0. The number of halogens is 7. The Hall–Kier alpha value is -4.20. The first kappa shape index (κ1) is 41.9. The van der Waals surface area contributed by atoms with Crippen LogP contribution in [-0.4, -0.2) is 43.3 Å². The van der Waals surface area contributed by atoms with E-state index in [0.717, 1.165) is 49.0 Å². The number of aromatic nitrogens is 4. The first-order valence-corrected chi connectivity index (χ1v) is 20.4. The standard InChI is InChI=1S/C24H21Cl3FN3O3.C17H17Cl2FN2O2/c1-24(12-19(29-34-24)14-6-2-3-7-16(14)25)13-33-20-10-15(18(28)11-17(20)26)21-22(27)30-8-4-5-9-31(30)23(21)32;1-10(2)9-24-14-7-11(13(20)8-12(14)18)15-16(19)21-5-3-4-6-22(21)17(15)23/h2-3,6-7,10-11H,4-5,8-9,12-13H2,1H3;7-8H,1,3-6,9H2,2H3. The number of hydrogen-bond acceptors (Lipinski definition) is 6. The van der Waals surface area contributed by atoms with Crippen LogP contribution in [0.4, 0.5) is 8.78 Å². The number of nitrogens with zero attached hydrogens (tertiary/aromatic N) is 5. The summed E-state index contributed by atoms with van der Waals surface area (Å²) in [6.07, 6.45) is 4.07. The topological polar surface area (TPSA) is 93.9 Å². The fourth-order valence-electron chi connectivity index (χ4n) is 7.10. The Morgan fingerprint density at radius 1 is 0.741 bits per heavy atom. The molecule has 5 aromatic rings. The van der Waals surface area contributed by atoms with Gasteiger partial charge < -0.3 is 14.3 Å². The van der Waals surface area contributed by atoms with Crippen molar-refractivity contribution in [2.75, 3.05) is 13.2 Å². The van der Waals surface area contributed by atoms with Crippen LogP contribution in [0.15, 0.2) is 75.4 Å². The van der Waals surface area contributed by atoms with Crippen LogP contribution in [0.2, 0.25) is 25.4 Å². The number of fused-ring (bicyclic) bond motifs is 2. The van der Waals surface area contributed by atoms with Gasteiger partial charge in [0.25, 0.3) is 11.1 Å². The smallest absolute Gasteiger partial charge is 0.276 e. The summed E-state index contributed by atoms with van der Waals surface area (Å²) in [7, 11) is 0. The average Bonchev–Trinajstić information content (AvgIpc) is 3.80. The Kier molecular flexibility index (Phi) is 12.4. The third-order valence-corrected chi connectivity index (χ3v) is 11.7. The Bertz CT molecular complexity index is 2580. The number of benzene rings is 3. The van der Waals surface area contributed by atoms with Gasteiger partial charge in [0.1, 0.15) is 46.7 Å². The monoisotopic (exact) mass is 893 g/mol. The van der Waals surface area contributed by atoms with Crippen LogP contribution < -0.4 is 20.6 Å². The summed E-state index contributed by atoms with van der Waals surface area (Å²) >= 11 is 31.4. The second-order valence-electron chi connectivity index (χ2n) is 14.6. The molecule has 10 nitrogen and oxygen atoms in total. The average molecular weight is 896 g/mol. The Morgan fingerprint density at radius 3 is 1.71 bits per heavy atom. The highest BCUT2D eigenvalue weighted by atomic mass is 35.5. The Balaban J connectivity index is 0.000000188. The van der Waals surface area contributed by atoms with E-state index in [2.05, 4.69) is 11.7 Å². The van der Waals surface area contributed by atoms with Crippen molar-refractivity contribution in [3.05, 3.63) is 124 Å². The van der Waals surface area contributed by atoms with Crippen LogP contribution in [0.3, 0.4) is 0 Å². The van der Waals surface area contributed by atoms with Gasteiger partial charge in [-0.3, -0.25) is 19.0 Å². The molecule has 1 unspecified atom stereocenters. The van der Waals surface area contributed by atoms with E-state index in [0.29, 0.717) is 49.1 Å². The lowest BCUT2D eigenvalue weighted by Gasteiger charge is -2.22. The van der Waals surface area contributed by atoms with Crippen molar-refractivity contribution >= 4 is 63.7 Å². The molecule has 0 spiro atoms. The summed E-state index contributed by atoms with van der Waals surface area (Å²) in [4.78, 5) is 31.3. The van der Waals surface area contributed by atoms with E-state index in [-0.39, 0.29) is 72.7 Å². The molecule has 3 aliphatic rings. The quantitative estimate of drug-likeness (QED) is 0.137. The lowest BCUT2D eigenvalue weighted by Crippen LogP contribution is -2.33. The SMILES string of the molecule is C=C(C)COc1cc(-c2c(Cl)n3n(c2=O)CCCC3)c(F)cc1Cl.CC1(COc2cc(-c3c(Cl)n4n(c3=O)CCCC4)c(F)cc2Cl)CC(c2ccccc2Cl)=NO1. The molecule has 306 valence electrons. The molecule has 0 bridgehead atoms. The van der Waals surface area contributed by atoms with Crippen molar-refractivity contribution in [1.82, 2.24) is 18.7 Å². The number of rotatable bonds is 9. The summed E-state index contributed by atoms with van der Waals surface area (Å²) < 4.78 is 47.4. The zero-order valence-corrected chi connectivity index (χ0v) is 35.3. The highest BCUT2D eigenvalue weighted by Gasteiger charge is 2.37. The Morgan fingerprint density at radius 2 is 1.22 bits per heavy atom. The summed E-state index contributed by atoms with van der Waals surface area (Å²) in [6, 6.07) is 12.5. The van der Waals surface area contributed by atoms with Gasteiger partial charge in [0.05, 0.1) is 26.9 Å². The number of oxime groups is 1. The molecule has 1 atom stereocenters. The summed E-state index contributed by atoms with van der Waals surface area (Å²) in [5.41, 5.74) is 1.29. The minimum Gasteiger partial charge on any atom is -0.488 e. The zero-order valence-electron chi connectivity index (χ0n) is 31.5. The summed E-state index contributed by atoms with van der Waals surface area (Å²) in [6.45, 7) is 10.1. The molecule has 2 aromatic heterocycles. The highest BCUT2D eigenvalue weighted by Crippen LogP contribution is 2.38. The molecule has 0 saturated heterocycles. The van der Waals surface area contributed by atoms with E-state index in [9.17, 15) is 18.4 Å². The maximum absolute atomic E-state index is 14.9. The maximum Gasteiger partial charge on any atom is 0.276 e. The fourth-order valence-corrected chi connectivity index (χ4v) is 8.47. The first-order valence-electron chi connectivity index (χ1n) is 18.5. The van der Waals surface area contributed by atoms with Crippen molar-refractivity contribution in [2.45, 2.75) is 77.7 Å². The molecule has 0 amide bonds. The summed E-state index contributed by atoms with van der Waals surface area (Å²) in [5, 5.41) is 5.44. The minimum absolute atomic E-state index is 0.0503. The van der Waals surface area contributed by atoms with E-state index < -0.39 is 17.2 Å². The van der Waals surface area contributed by atoms with E-state index in [1.54, 1.807) is 24.8 Å². The predicted octanol–water partition coefficient (Wildman–Crippen LogP) is 10.7. The third-order valence-electron chi connectivity index (χ3n) is 10.0. The van der Waals surface area contributed by atoms with Gasteiger partial charge in [-0.25, -0.2) is 18.1 Å². The molecule has 5 heterocycles. The molecule has 17 heteroatoms. The van der Waals surface area contributed by atoms with Crippen LogP contribution in [0.1, 0.15) is 51.5 Å². The van der Waals surface area contributed by atoms with E-state index in [1.807, 2.05) is 32.0 Å². The van der Waals surface area contributed by atoms with Gasteiger partial charge in [0.15, 0.2) is 5.60 Å². The fraction of sp³-hybridized carbons (Fsp3) is 0.341. The van der Waals surface area contributed by atoms with Crippen molar-refractivity contribution in [2.24, 2.45) is 5.16 Å². The van der Waals surface area contributed by atoms with Crippen molar-refractivity contribution < 1.29 is 23.1 Å². The first-order chi connectivity index (χ1) is 27.7. The van der Waals surface area contributed by atoms with Gasteiger partial charge >= 0.3 is 0 Å². The van der Waals surface area contributed by atoms with Crippen LogP contribution in [-0.2, 0) is 31.0 Å². The van der Waals surface area contributed by atoms with Gasteiger partial charge in [-0.2, -0.15) is 0 Å². The van der Waals surface area contributed by atoms with Gasteiger partial charge in [0.2, 0.25) is 0 Å². The molecule has 3 aromatic carbocycles. The minimum atomic E-state index is -0.779. The summed E-state index contributed by atoms with van der Waals surface area (Å²) in [5.74, 6) is -0.739. The van der Waals surface area contributed by atoms with E-state index in [1.165, 1.54) is 12.1 Å². The second kappa shape index (κ2) is 17.2. The molecule has 58 heavy (non-hydrogen) atoms. The normalized spacial score (nSPS) is 17.1. The molecule has 0 aliphatic carbocycles. The lowest BCUT2D eigenvalue weighted by molar-refractivity contribution is -0.0356. The molecule has 0 fully saturated rings. The predicted molar refractivity (Wildman–Crippen MR) is 225 cm³/mol. The molecular formula is C41H38Cl5F2N5O5. The molecule has 0 saturated carbocycles. The molecule has 0 radical (unpaired) electrons. The van der Waals surface area contributed by atoms with Crippen LogP contribution in [0, 0.1) is 11.6 Å². The van der Waals surface area contributed by atoms with Crippen LogP contribution in [0.5, 0.6) is 11.5 Å². The van der Waals surface area contributed by atoms with Gasteiger partial charge in [-0.15, -0.1) is 0 Å². The lowest BCUT2D eigenvalue weighted by atomic mass is 9.96. The zero-order chi connectivity index (χ0) is 41.5. The second-order valence-corrected chi connectivity index (χ2v) is 16.6. The maximum atomic E-state index is 14.9. The highest BCUT2D eigenvalue weighted by molar-refractivity contribution is 6.35. The van der Waals surface area contributed by atoms with Gasteiger partial charge in [-0.05, 0) is 75.4 Å². The van der Waals surface area contributed by atoms with Crippen molar-refractivity contribution in [3.8, 4) is 33.8 Å². The molecular weight excluding hydrogens is 858 g/mol. The van der Waals surface area contributed by atoms with Gasteiger partial charge in [-0.1, -0.05) is 87.9 Å². The van der Waals surface area contributed by atoms with Crippen molar-refractivity contribution in [3.63, 3.8) is 0 Å². The van der Waals surface area contributed by atoms with Crippen LogP contribution >= 0.6 is 58.0 Å². The molecule has 0 N–H and O–H groups in total. The van der Waals surface area contributed by atoms with Crippen LogP contribution in [0.25, 0.3) is 22.3 Å². The molecule has 3 aliphatic heterocycles. The van der Waals surface area contributed by atoms with E-state index >= 15 is 0 Å².